The molecule has 9 heteroatoms. The first-order valence-electron chi connectivity index (χ1n) is 7.77. The van der Waals surface area contributed by atoms with Crippen LogP contribution in [-0.4, -0.2) is 55.2 Å². The Hall–Kier alpha value is -2.71. The van der Waals surface area contributed by atoms with E-state index in [1.54, 1.807) is 27.9 Å². The lowest BCUT2D eigenvalue weighted by molar-refractivity contribution is -0.119. The summed E-state index contributed by atoms with van der Waals surface area (Å²) in [6.07, 6.45) is 5.02. The van der Waals surface area contributed by atoms with Crippen molar-refractivity contribution in [3.8, 4) is 0 Å². The molecule has 1 aliphatic rings. The molecule has 2 amide bonds. The maximum Gasteiger partial charge on any atom is 0.410 e. The van der Waals surface area contributed by atoms with E-state index >= 15 is 0 Å². The molecule has 128 valence electrons. The molecule has 1 saturated heterocycles. The van der Waals surface area contributed by atoms with Gasteiger partial charge in [0.05, 0.1) is 12.1 Å². The molecule has 0 saturated carbocycles. The molecule has 24 heavy (non-hydrogen) atoms. The van der Waals surface area contributed by atoms with Crippen LogP contribution < -0.4 is 5.32 Å². The summed E-state index contributed by atoms with van der Waals surface area (Å²) in [5, 5.41) is 10.6. The van der Waals surface area contributed by atoms with Crippen LogP contribution in [0.25, 0.3) is 5.65 Å². The minimum atomic E-state index is -0.550. The van der Waals surface area contributed by atoms with Crippen LogP contribution in [0.15, 0.2) is 18.6 Å². The molecule has 2 aromatic heterocycles. The number of aromatic nitrogens is 4. The van der Waals surface area contributed by atoms with Gasteiger partial charge in [-0.05, 0) is 27.2 Å². The summed E-state index contributed by atoms with van der Waals surface area (Å²) >= 11 is 0. The van der Waals surface area contributed by atoms with Crippen LogP contribution in [0.5, 0.6) is 0 Å². The van der Waals surface area contributed by atoms with E-state index in [1.165, 1.54) is 0 Å². The molecule has 2 aromatic rings. The van der Waals surface area contributed by atoms with Crippen molar-refractivity contribution in [3.05, 3.63) is 18.6 Å². The Bertz CT molecular complexity index is 766. The first-order valence-corrected chi connectivity index (χ1v) is 7.77. The highest BCUT2D eigenvalue weighted by atomic mass is 16.6. The number of hydrogen-bond donors (Lipinski definition) is 1. The summed E-state index contributed by atoms with van der Waals surface area (Å²) in [5.74, 6) is -0.146. The van der Waals surface area contributed by atoms with Crippen LogP contribution in [0, 0.1) is 5.92 Å². The molecule has 3 heterocycles. The first kappa shape index (κ1) is 16.2. The molecule has 3 rings (SSSR count). The van der Waals surface area contributed by atoms with Crippen LogP contribution in [-0.2, 0) is 9.53 Å². The van der Waals surface area contributed by atoms with Crippen molar-refractivity contribution < 1.29 is 14.3 Å². The van der Waals surface area contributed by atoms with Gasteiger partial charge in [0.15, 0.2) is 5.65 Å². The third-order valence-electron chi connectivity index (χ3n) is 3.66. The largest absolute Gasteiger partial charge is 0.444 e. The van der Waals surface area contributed by atoms with E-state index in [0.717, 1.165) is 0 Å². The van der Waals surface area contributed by atoms with E-state index in [9.17, 15) is 9.59 Å². The Balaban J connectivity index is 1.62. The molecule has 1 aliphatic heterocycles. The number of carbonyl (C=O) groups is 2. The average Bonchev–Trinajstić information content (AvgIpc) is 3.13. The van der Waals surface area contributed by atoms with Gasteiger partial charge in [0.25, 0.3) is 0 Å². The number of amides is 2. The Kier molecular flexibility index (Phi) is 4.08. The number of nitrogens with one attached hydrogen (secondary N) is 1. The van der Waals surface area contributed by atoms with Gasteiger partial charge in [-0.1, -0.05) is 0 Å². The van der Waals surface area contributed by atoms with Gasteiger partial charge in [-0.2, -0.15) is 0 Å². The van der Waals surface area contributed by atoms with Gasteiger partial charge >= 0.3 is 6.09 Å². The number of nitrogens with zero attached hydrogens (tertiary/aromatic N) is 5. The summed E-state index contributed by atoms with van der Waals surface area (Å²) in [4.78, 5) is 30.0. The molecule has 0 radical (unpaired) electrons. The van der Waals surface area contributed by atoms with Crippen molar-refractivity contribution in [2.75, 3.05) is 18.4 Å². The van der Waals surface area contributed by atoms with E-state index in [4.69, 9.17) is 4.74 Å². The number of likely N-dealkylation sites (tertiary alicyclic amines) is 1. The number of ether oxygens (including phenoxy) is 1. The summed E-state index contributed by atoms with van der Waals surface area (Å²) < 4.78 is 6.98. The monoisotopic (exact) mass is 332 g/mol. The zero-order chi connectivity index (χ0) is 17.3. The molecule has 0 aromatic carbocycles. The zero-order valence-corrected chi connectivity index (χ0v) is 13.9. The van der Waals surface area contributed by atoms with Crippen LogP contribution in [0.3, 0.4) is 0 Å². The summed E-state index contributed by atoms with van der Waals surface area (Å²) in [7, 11) is 0. The van der Waals surface area contributed by atoms with Crippen molar-refractivity contribution in [1.29, 1.82) is 0 Å². The van der Waals surface area contributed by atoms with Gasteiger partial charge in [-0.3, -0.25) is 19.5 Å². The topological polar surface area (TPSA) is 102 Å². The predicted molar refractivity (Wildman–Crippen MR) is 85.3 cm³/mol. The molecule has 1 N–H and O–H groups in total. The number of rotatable bonds is 2. The van der Waals surface area contributed by atoms with Gasteiger partial charge in [-0.15, -0.1) is 10.2 Å². The smallest absolute Gasteiger partial charge is 0.410 e. The Morgan fingerprint density at radius 3 is 2.88 bits per heavy atom. The fourth-order valence-corrected chi connectivity index (χ4v) is 2.52. The Morgan fingerprint density at radius 2 is 2.12 bits per heavy atom. The van der Waals surface area contributed by atoms with E-state index in [-0.39, 0.29) is 11.8 Å². The number of anilines is 1. The normalized spacial score (nSPS) is 18.0. The SMILES string of the molecule is CC(C)(C)OC(=O)N1CCC(C(=O)Nc2nnc3cnccn23)C1. The van der Waals surface area contributed by atoms with Crippen LogP contribution in [0.4, 0.5) is 10.7 Å². The van der Waals surface area contributed by atoms with Crippen molar-refractivity contribution in [2.45, 2.75) is 32.8 Å². The maximum atomic E-state index is 12.4. The quantitative estimate of drug-likeness (QED) is 0.890. The molecule has 0 aliphatic carbocycles. The van der Waals surface area contributed by atoms with Gasteiger partial charge in [0.1, 0.15) is 5.60 Å². The van der Waals surface area contributed by atoms with Crippen molar-refractivity contribution in [3.63, 3.8) is 0 Å². The molecule has 1 atom stereocenters. The lowest BCUT2D eigenvalue weighted by Crippen LogP contribution is -2.36. The van der Waals surface area contributed by atoms with Crippen LogP contribution in [0.1, 0.15) is 27.2 Å². The minimum Gasteiger partial charge on any atom is -0.444 e. The van der Waals surface area contributed by atoms with Gasteiger partial charge < -0.3 is 9.64 Å². The second kappa shape index (κ2) is 6.06. The summed E-state index contributed by atoms with van der Waals surface area (Å²) in [6.45, 7) is 6.28. The summed E-state index contributed by atoms with van der Waals surface area (Å²) in [6, 6.07) is 0. The fourth-order valence-electron chi connectivity index (χ4n) is 2.52. The number of fused-ring (bicyclic) bond motifs is 1. The van der Waals surface area contributed by atoms with E-state index in [0.29, 0.717) is 31.1 Å². The van der Waals surface area contributed by atoms with Gasteiger partial charge in [0.2, 0.25) is 11.9 Å². The van der Waals surface area contributed by atoms with E-state index < -0.39 is 11.7 Å². The molecule has 1 unspecified atom stereocenters. The highest BCUT2D eigenvalue weighted by Crippen LogP contribution is 2.21. The van der Waals surface area contributed by atoms with Crippen LogP contribution in [0.2, 0.25) is 0 Å². The molecular weight excluding hydrogens is 312 g/mol. The minimum absolute atomic E-state index is 0.188. The number of hydrogen-bond acceptors (Lipinski definition) is 6. The third kappa shape index (κ3) is 3.44. The van der Waals surface area contributed by atoms with Crippen molar-refractivity contribution in [1.82, 2.24) is 24.5 Å². The van der Waals surface area contributed by atoms with Gasteiger partial charge in [0, 0.05) is 25.5 Å². The Morgan fingerprint density at radius 1 is 1.33 bits per heavy atom. The molecule has 0 spiro atoms. The highest BCUT2D eigenvalue weighted by molar-refractivity contribution is 5.92. The molecule has 9 nitrogen and oxygen atoms in total. The van der Waals surface area contributed by atoms with Gasteiger partial charge in [-0.25, -0.2) is 4.79 Å². The third-order valence-corrected chi connectivity index (χ3v) is 3.66. The second-order valence-electron chi connectivity index (χ2n) is 6.73. The lowest BCUT2D eigenvalue weighted by atomic mass is 10.1. The van der Waals surface area contributed by atoms with Crippen molar-refractivity contribution in [2.24, 2.45) is 5.92 Å². The molecule has 1 fully saturated rings. The first-order chi connectivity index (χ1) is 11.3. The zero-order valence-electron chi connectivity index (χ0n) is 13.9. The predicted octanol–water partition coefficient (Wildman–Crippen LogP) is 1.32. The second-order valence-corrected chi connectivity index (χ2v) is 6.73. The summed E-state index contributed by atoms with van der Waals surface area (Å²) in [5.41, 5.74) is 0.000854. The fraction of sp³-hybridized carbons (Fsp3) is 0.533. The molecular formula is C15H20N6O3. The highest BCUT2D eigenvalue weighted by Gasteiger charge is 2.33. The standard InChI is InChI=1S/C15H20N6O3/c1-15(2,3)24-14(23)20-6-4-10(9-20)12(22)17-13-19-18-11-8-16-5-7-21(11)13/h5,7-8,10H,4,6,9H2,1-3H3,(H,17,19,22). The maximum absolute atomic E-state index is 12.4. The Labute approximate surface area is 139 Å². The van der Waals surface area contributed by atoms with Crippen LogP contribution >= 0.6 is 0 Å². The number of carbonyl (C=O) groups excluding carboxylic acids is 2. The van der Waals surface area contributed by atoms with Crippen molar-refractivity contribution >= 4 is 23.6 Å². The molecule has 0 bridgehead atoms. The lowest BCUT2D eigenvalue weighted by Gasteiger charge is -2.24. The van der Waals surface area contributed by atoms with E-state index in [2.05, 4.69) is 20.5 Å². The average molecular weight is 332 g/mol. The van der Waals surface area contributed by atoms with E-state index in [1.807, 2.05) is 20.8 Å².